The molecule has 1 aliphatic heterocycles. The van der Waals surface area contributed by atoms with Crippen molar-refractivity contribution in [3.8, 4) is 0 Å². The van der Waals surface area contributed by atoms with Gasteiger partial charge in [0.2, 0.25) is 0 Å². The summed E-state index contributed by atoms with van der Waals surface area (Å²) in [7, 11) is 0. The first kappa shape index (κ1) is 22.3. The molecule has 0 fully saturated rings. The van der Waals surface area contributed by atoms with Crippen LogP contribution in [-0.2, 0) is 19.5 Å². The van der Waals surface area contributed by atoms with E-state index in [9.17, 15) is 9.59 Å². The highest BCUT2D eigenvalue weighted by molar-refractivity contribution is 7.10. The normalized spacial score (nSPS) is 14.6. The second kappa shape index (κ2) is 11.1. The Morgan fingerprint density at radius 3 is 2.70 bits per heavy atom. The zero-order chi connectivity index (χ0) is 21.3. The van der Waals surface area contributed by atoms with Crippen LogP contribution in [-0.4, -0.2) is 42.5 Å². The number of thiophene rings is 1. The van der Waals surface area contributed by atoms with E-state index in [1.54, 1.807) is 12.1 Å². The number of nitrogens with one attached hydrogen (secondary N) is 3. The minimum absolute atomic E-state index is 0.0537. The number of hydrogen-bond acceptors (Lipinski definition) is 4. The largest absolute Gasteiger partial charge is 0.352 e. The van der Waals surface area contributed by atoms with Gasteiger partial charge in [0, 0.05) is 49.2 Å². The van der Waals surface area contributed by atoms with Crippen LogP contribution in [0, 0.1) is 0 Å². The molecule has 0 saturated carbocycles. The average molecular weight is 429 g/mol. The SMILES string of the molecule is CCCCNC(=O)c1ccc(CNC(=O)NCC(C)N2CCc3sccc3C2)cc1. The van der Waals surface area contributed by atoms with Crippen molar-refractivity contribution in [3.63, 3.8) is 0 Å². The fourth-order valence-corrected chi connectivity index (χ4v) is 4.41. The van der Waals surface area contributed by atoms with Crippen molar-refractivity contribution in [1.82, 2.24) is 20.9 Å². The van der Waals surface area contributed by atoms with Crippen molar-refractivity contribution >= 4 is 23.3 Å². The lowest BCUT2D eigenvalue weighted by Crippen LogP contribution is -2.46. The van der Waals surface area contributed by atoms with Gasteiger partial charge in [-0.2, -0.15) is 0 Å². The lowest BCUT2D eigenvalue weighted by molar-refractivity contribution is 0.0953. The molecule has 0 aliphatic carbocycles. The molecule has 0 saturated heterocycles. The predicted molar refractivity (Wildman–Crippen MR) is 122 cm³/mol. The first-order valence-electron chi connectivity index (χ1n) is 10.7. The van der Waals surface area contributed by atoms with Crippen molar-refractivity contribution in [2.24, 2.45) is 0 Å². The third-order valence-electron chi connectivity index (χ3n) is 5.50. The van der Waals surface area contributed by atoms with Gasteiger partial charge in [-0.3, -0.25) is 9.69 Å². The van der Waals surface area contributed by atoms with Gasteiger partial charge in [-0.25, -0.2) is 4.79 Å². The number of amides is 3. The third-order valence-corrected chi connectivity index (χ3v) is 6.53. The number of carbonyl (C=O) groups is 2. The molecule has 1 aromatic carbocycles. The van der Waals surface area contributed by atoms with Gasteiger partial charge >= 0.3 is 6.03 Å². The Bertz CT molecular complexity index is 834. The van der Waals surface area contributed by atoms with Crippen molar-refractivity contribution in [1.29, 1.82) is 0 Å². The minimum atomic E-state index is -0.170. The number of nitrogens with zero attached hydrogens (tertiary/aromatic N) is 1. The lowest BCUT2D eigenvalue weighted by atomic mass is 10.1. The maximum Gasteiger partial charge on any atom is 0.315 e. The Morgan fingerprint density at radius 1 is 1.13 bits per heavy atom. The quantitative estimate of drug-likeness (QED) is 0.535. The van der Waals surface area contributed by atoms with Crippen LogP contribution in [0.2, 0.25) is 0 Å². The molecular weight excluding hydrogens is 396 g/mol. The van der Waals surface area contributed by atoms with Crippen LogP contribution in [0.3, 0.4) is 0 Å². The maximum atomic E-state index is 12.2. The van der Waals surface area contributed by atoms with Crippen molar-refractivity contribution in [2.45, 2.75) is 52.2 Å². The highest BCUT2D eigenvalue weighted by Gasteiger charge is 2.21. The number of carbonyl (C=O) groups excluding carboxylic acids is 2. The maximum absolute atomic E-state index is 12.2. The van der Waals surface area contributed by atoms with E-state index < -0.39 is 0 Å². The van der Waals surface area contributed by atoms with Crippen LogP contribution >= 0.6 is 11.3 Å². The molecule has 6 nitrogen and oxygen atoms in total. The highest BCUT2D eigenvalue weighted by Crippen LogP contribution is 2.24. The average Bonchev–Trinajstić information content (AvgIpc) is 3.24. The molecule has 3 rings (SSSR count). The molecule has 162 valence electrons. The topological polar surface area (TPSA) is 73.5 Å². The van der Waals surface area contributed by atoms with Gasteiger partial charge in [-0.05, 0) is 54.5 Å². The van der Waals surface area contributed by atoms with Crippen LogP contribution in [0.5, 0.6) is 0 Å². The lowest BCUT2D eigenvalue weighted by Gasteiger charge is -2.32. The summed E-state index contributed by atoms with van der Waals surface area (Å²) < 4.78 is 0. The summed E-state index contributed by atoms with van der Waals surface area (Å²) in [6.45, 7) is 7.99. The fraction of sp³-hybridized carbons (Fsp3) is 0.478. The molecule has 2 aromatic rings. The first-order chi connectivity index (χ1) is 14.6. The van der Waals surface area contributed by atoms with E-state index in [0.717, 1.165) is 37.9 Å². The van der Waals surface area contributed by atoms with E-state index in [4.69, 9.17) is 0 Å². The molecule has 1 unspecified atom stereocenters. The van der Waals surface area contributed by atoms with Crippen molar-refractivity contribution in [2.75, 3.05) is 19.6 Å². The van der Waals surface area contributed by atoms with E-state index >= 15 is 0 Å². The number of rotatable bonds is 9. The van der Waals surface area contributed by atoms with Crippen LogP contribution in [0.15, 0.2) is 35.7 Å². The van der Waals surface area contributed by atoms with Gasteiger partial charge in [0.15, 0.2) is 0 Å². The van der Waals surface area contributed by atoms with Gasteiger partial charge < -0.3 is 16.0 Å². The zero-order valence-electron chi connectivity index (χ0n) is 17.9. The number of fused-ring (bicyclic) bond motifs is 1. The second-order valence-electron chi connectivity index (χ2n) is 7.81. The summed E-state index contributed by atoms with van der Waals surface area (Å²) >= 11 is 1.84. The monoisotopic (exact) mass is 428 g/mol. The number of urea groups is 1. The van der Waals surface area contributed by atoms with Gasteiger partial charge in [0.1, 0.15) is 0 Å². The van der Waals surface area contributed by atoms with E-state index in [-0.39, 0.29) is 18.0 Å². The Hall–Kier alpha value is -2.38. The molecule has 0 bridgehead atoms. The van der Waals surface area contributed by atoms with Gasteiger partial charge in [0.25, 0.3) is 5.91 Å². The Kier molecular flexibility index (Phi) is 8.28. The van der Waals surface area contributed by atoms with E-state index in [1.807, 2.05) is 23.5 Å². The van der Waals surface area contributed by atoms with E-state index in [2.05, 4.69) is 46.1 Å². The summed E-state index contributed by atoms with van der Waals surface area (Å²) in [5.41, 5.74) is 3.03. The Balaban J connectivity index is 1.37. The molecule has 30 heavy (non-hydrogen) atoms. The second-order valence-corrected chi connectivity index (χ2v) is 8.81. The molecule has 3 amide bonds. The smallest absolute Gasteiger partial charge is 0.315 e. The highest BCUT2D eigenvalue weighted by atomic mass is 32.1. The summed E-state index contributed by atoms with van der Waals surface area (Å²) in [6.07, 6.45) is 3.13. The predicted octanol–water partition coefficient (Wildman–Crippen LogP) is 3.52. The molecule has 1 aliphatic rings. The number of unbranched alkanes of at least 4 members (excludes halogenated alkanes) is 1. The standard InChI is InChI=1S/C23H32N4O2S/c1-3-4-11-24-22(28)19-7-5-18(6-8-19)15-26-23(29)25-14-17(2)27-12-9-21-20(16-27)10-13-30-21/h5-8,10,13,17H,3-4,9,11-12,14-16H2,1-2H3,(H,24,28)(H2,25,26,29). The molecule has 0 spiro atoms. The van der Waals surface area contributed by atoms with Crippen LogP contribution in [0.1, 0.15) is 53.1 Å². The summed E-state index contributed by atoms with van der Waals surface area (Å²) in [6, 6.07) is 9.68. The molecule has 1 aromatic heterocycles. The summed E-state index contributed by atoms with van der Waals surface area (Å²) in [4.78, 5) is 28.1. The number of hydrogen-bond donors (Lipinski definition) is 3. The minimum Gasteiger partial charge on any atom is -0.352 e. The Labute approximate surface area is 183 Å². The molecule has 2 heterocycles. The van der Waals surface area contributed by atoms with Gasteiger partial charge in [0.05, 0.1) is 0 Å². The van der Waals surface area contributed by atoms with Gasteiger partial charge in [-0.1, -0.05) is 25.5 Å². The summed E-state index contributed by atoms with van der Waals surface area (Å²) in [5, 5.41) is 10.9. The number of benzene rings is 1. The molecule has 1 atom stereocenters. The van der Waals surface area contributed by atoms with Crippen LogP contribution < -0.4 is 16.0 Å². The van der Waals surface area contributed by atoms with Crippen LogP contribution in [0.25, 0.3) is 0 Å². The zero-order valence-corrected chi connectivity index (χ0v) is 18.7. The Morgan fingerprint density at radius 2 is 1.93 bits per heavy atom. The van der Waals surface area contributed by atoms with E-state index in [1.165, 1.54) is 10.4 Å². The summed E-state index contributed by atoms with van der Waals surface area (Å²) in [5.74, 6) is -0.0537. The van der Waals surface area contributed by atoms with Crippen molar-refractivity contribution in [3.05, 3.63) is 57.3 Å². The fourth-order valence-electron chi connectivity index (χ4n) is 3.52. The molecular formula is C23H32N4O2S. The van der Waals surface area contributed by atoms with Crippen LogP contribution in [0.4, 0.5) is 4.79 Å². The van der Waals surface area contributed by atoms with Gasteiger partial charge in [-0.15, -0.1) is 11.3 Å². The third kappa shape index (κ3) is 6.31. The molecule has 7 heteroatoms. The molecule has 3 N–H and O–H groups in total. The molecule has 0 radical (unpaired) electrons. The first-order valence-corrected chi connectivity index (χ1v) is 11.6. The van der Waals surface area contributed by atoms with E-state index in [0.29, 0.717) is 25.2 Å². The van der Waals surface area contributed by atoms with Crippen molar-refractivity contribution < 1.29 is 9.59 Å².